The SMILES string of the molecule is Cc1ccc(C(C)C)c(OCc2nnc(SCCC(=O)Nc3ccccc3)n2N)c1. The topological polar surface area (TPSA) is 95.1 Å². The molecular formula is C22H27N5O2S. The molecule has 1 aromatic heterocycles. The Morgan fingerprint density at radius 2 is 1.97 bits per heavy atom. The zero-order valence-electron chi connectivity index (χ0n) is 17.5. The minimum Gasteiger partial charge on any atom is -0.485 e. The van der Waals surface area contributed by atoms with Crippen LogP contribution in [0.1, 0.15) is 43.1 Å². The number of para-hydroxylation sites is 1. The van der Waals surface area contributed by atoms with E-state index in [9.17, 15) is 4.79 Å². The van der Waals surface area contributed by atoms with Gasteiger partial charge in [-0.25, -0.2) is 4.68 Å². The molecule has 2 aromatic carbocycles. The van der Waals surface area contributed by atoms with Crippen molar-refractivity contribution in [3.63, 3.8) is 0 Å². The maximum atomic E-state index is 12.0. The molecule has 158 valence electrons. The van der Waals surface area contributed by atoms with Crippen LogP contribution in [-0.2, 0) is 11.4 Å². The van der Waals surface area contributed by atoms with Gasteiger partial charge in [0.25, 0.3) is 0 Å². The normalized spacial score (nSPS) is 10.9. The molecule has 30 heavy (non-hydrogen) atoms. The largest absolute Gasteiger partial charge is 0.485 e. The van der Waals surface area contributed by atoms with Gasteiger partial charge in [-0.3, -0.25) is 4.79 Å². The molecule has 0 aliphatic rings. The summed E-state index contributed by atoms with van der Waals surface area (Å²) in [4.78, 5) is 12.0. The van der Waals surface area contributed by atoms with Crippen LogP contribution in [-0.4, -0.2) is 26.5 Å². The Kier molecular flexibility index (Phi) is 7.35. The van der Waals surface area contributed by atoms with Crippen LogP contribution in [0, 0.1) is 6.92 Å². The maximum absolute atomic E-state index is 12.0. The molecule has 1 amide bonds. The van der Waals surface area contributed by atoms with E-state index in [2.05, 4.69) is 41.5 Å². The van der Waals surface area contributed by atoms with E-state index in [1.165, 1.54) is 16.4 Å². The predicted molar refractivity (Wildman–Crippen MR) is 120 cm³/mol. The van der Waals surface area contributed by atoms with E-state index in [1.54, 1.807) is 0 Å². The highest BCUT2D eigenvalue weighted by Gasteiger charge is 2.14. The van der Waals surface area contributed by atoms with Crippen LogP contribution in [0.2, 0.25) is 0 Å². The number of aryl methyl sites for hydroxylation is 1. The lowest BCUT2D eigenvalue weighted by Gasteiger charge is -2.14. The molecule has 7 nitrogen and oxygen atoms in total. The van der Waals surface area contributed by atoms with Gasteiger partial charge in [-0.2, -0.15) is 0 Å². The van der Waals surface area contributed by atoms with Crippen LogP contribution in [0.5, 0.6) is 5.75 Å². The maximum Gasteiger partial charge on any atom is 0.225 e. The summed E-state index contributed by atoms with van der Waals surface area (Å²) in [7, 11) is 0. The second-order valence-corrected chi connectivity index (χ2v) is 8.33. The standard InChI is InChI=1S/C22H27N5O2S/c1-15(2)18-10-9-16(3)13-19(18)29-14-20-25-26-22(27(20)23)30-12-11-21(28)24-17-7-5-4-6-8-17/h4-10,13,15H,11-12,14,23H2,1-3H3,(H,24,28). The fourth-order valence-corrected chi connectivity index (χ4v) is 3.68. The second kappa shape index (κ2) is 10.2. The van der Waals surface area contributed by atoms with Crippen LogP contribution in [0.3, 0.4) is 0 Å². The van der Waals surface area contributed by atoms with Crippen molar-refractivity contribution in [3.8, 4) is 5.75 Å². The minimum absolute atomic E-state index is 0.0546. The Labute approximate surface area is 181 Å². The summed E-state index contributed by atoms with van der Waals surface area (Å²) in [6.45, 7) is 6.52. The third kappa shape index (κ3) is 5.76. The fourth-order valence-electron chi connectivity index (χ4n) is 2.87. The van der Waals surface area contributed by atoms with Crippen molar-refractivity contribution in [2.45, 2.75) is 44.9 Å². The van der Waals surface area contributed by atoms with E-state index in [0.29, 0.717) is 29.1 Å². The van der Waals surface area contributed by atoms with Crippen molar-refractivity contribution in [1.29, 1.82) is 0 Å². The minimum atomic E-state index is -0.0546. The summed E-state index contributed by atoms with van der Waals surface area (Å²) < 4.78 is 7.41. The van der Waals surface area contributed by atoms with E-state index in [-0.39, 0.29) is 12.5 Å². The first-order chi connectivity index (χ1) is 14.4. The number of rotatable bonds is 9. The van der Waals surface area contributed by atoms with Gasteiger partial charge < -0.3 is 15.9 Å². The first kappa shape index (κ1) is 21.7. The summed E-state index contributed by atoms with van der Waals surface area (Å²) >= 11 is 1.39. The highest BCUT2D eigenvalue weighted by molar-refractivity contribution is 7.99. The van der Waals surface area contributed by atoms with Crippen LogP contribution in [0.25, 0.3) is 0 Å². The first-order valence-corrected chi connectivity index (χ1v) is 10.8. The van der Waals surface area contributed by atoms with Crippen molar-refractivity contribution < 1.29 is 9.53 Å². The molecule has 8 heteroatoms. The van der Waals surface area contributed by atoms with Crippen LogP contribution in [0.15, 0.2) is 53.7 Å². The average Bonchev–Trinajstić information content (AvgIpc) is 3.06. The number of aromatic nitrogens is 3. The molecule has 0 radical (unpaired) electrons. The Bertz CT molecular complexity index is 988. The number of carbonyl (C=O) groups is 1. The molecular weight excluding hydrogens is 398 g/mol. The van der Waals surface area contributed by atoms with E-state index >= 15 is 0 Å². The van der Waals surface area contributed by atoms with Crippen LogP contribution < -0.4 is 15.9 Å². The number of hydrogen-bond acceptors (Lipinski definition) is 6. The lowest BCUT2D eigenvalue weighted by Crippen LogP contribution is -2.16. The molecule has 3 aromatic rings. The Hall–Kier alpha value is -3.00. The highest BCUT2D eigenvalue weighted by atomic mass is 32.2. The number of thioether (sulfide) groups is 1. The molecule has 0 unspecified atom stereocenters. The Morgan fingerprint density at radius 3 is 2.70 bits per heavy atom. The number of nitrogens with one attached hydrogen (secondary N) is 1. The van der Waals surface area contributed by atoms with E-state index in [0.717, 1.165) is 22.6 Å². The molecule has 0 aliphatic carbocycles. The van der Waals surface area contributed by atoms with E-state index in [1.807, 2.05) is 43.3 Å². The first-order valence-electron chi connectivity index (χ1n) is 9.84. The van der Waals surface area contributed by atoms with Gasteiger partial charge in [0.05, 0.1) is 0 Å². The summed E-state index contributed by atoms with van der Waals surface area (Å²) in [5.41, 5.74) is 3.06. The number of amides is 1. The van der Waals surface area contributed by atoms with Crippen molar-refractivity contribution >= 4 is 23.4 Å². The van der Waals surface area contributed by atoms with Gasteiger partial charge in [-0.1, -0.05) is 55.9 Å². The quantitative estimate of drug-likeness (QED) is 0.395. The van der Waals surface area contributed by atoms with E-state index in [4.69, 9.17) is 10.6 Å². The number of anilines is 1. The van der Waals surface area contributed by atoms with Crippen LogP contribution in [0.4, 0.5) is 5.69 Å². The van der Waals surface area contributed by atoms with Crippen molar-refractivity contribution in [2.24, 2.45) is 0 Å². The number of carbonyl (C=O) groups excluding carboxylic acids is 1. The lowest BCUT2D eigenvalue weighted by molar-refractivity contribution is -0.115. The summed E-state index contributed by atoms with van der Waals surface area (Å²) in [5, 5.41) is 11.7. The molecule has 1 heterocycles. The molecule has 0 aliphatic heterocycles. The van der Waals surface area contributed by atoms with Gasteiger partial charge >= 0.3 is 0 Å². The third-order valence-electron chi connectivity index (χ3n) is 4.50. The van der Waals surface area contributed by atoms with Gasteiger partial charge in [-0.15, -0.1) is 10.2 Å². The van der Waals surface area contributed by atoms with Crippen LogP contribution >= 0.6 is 11.8 Å². The van der Waals surface area contributed by atoms with Crippen molar-refractivity contribution in [2.75, 3.05) is 16.9 Å². The predicted octanol–water partition coefficient (Wildman–Crippen LogP) is 4.12. The molecule has 0 saturated carbocycles. The summed E-state index contributed by atoms with van der Waals surface area (Å²) in [5.74, 6) is 8.33. The average molecular weight is 426 g/mol. The molecule has 0 fully saturated rings. The number of nitrogen functional groups attached to an aromatic ring is 1. The van der Waals surface area contributed by atoms with Crippen molar-refractivity contribution in [1.82, 2.24) is 14.9 Å². The van der Waals surface area contributed by atoms with Crippen molar-refractivity contribution in [3.05, 3.63) is 65.5 Å². The highest BCUT2D eigenvalue weighted by Crippen LogP contribution is 2.28. The molecule has 0 saturated heterocycles. The van der Waals surface area contributed by atoms with Gasteiger partial charge in [-0.05, 0) is 42.2 Å². The fraction of sp³-hybridized carbons (Fsp3) is 0.318. The molecule has 3 rings (SSSR count). The molecule has 3 N–H and O–H groups in total. The second-order valence-electron chi connectivity index (χ2n) is 7.27. The smallest absolute Gasteiger partial charge is 0.225 e. The number of nitrogens with zero attached hydrogens (tertiary/aromatic N) is 3. The Morgan fingerprint density at radius 1 is 1.20 bits per heavy atom. The zero-order valence-corrected chi connectivity index (χ0v) is 18.3. The number of hydrogen-bond donors (Lipinski definition) is 2. The molecule has 0 atom stereocenters. The lowest BCUT2D eigenvalue weighted by atomic mass is 10.0. The summed E-state index contributed by atoms with van der Waals surface area (Å²) in [6.07, 6.45) is 0.347. The summed E-state index contributed by atoms with van der Waals surface area (Å²) in [6, 6.07) is 15.6. The number of nitrogens with two attached hydrogens (primary N) is 1. The third-order valence-corrected chi connectivity index (χ3v) is 5.45. The number of ether oxygens (including phenoxy) is 1. The molecule has 0 spiro atoms. The monoisotopic (exact) mass is 425 g/mol. The Balaban J connectivity index is 1.52. The van der Waals surface area contributed by atoms with E-state index < -0.39 is 0 Å². The van der Waals surface area contributed by atoms with Gasteiger partial charge in [0.15, 0.2) is 5.82 Å². The van der Waals surface area contributed by atoms with Gasteiger partial charge in [0, 0.05) is 17.9 Å². The number of benzene rings is 2. The van der Waals surface area contributed by atoms with Gasteiger partial charge in [0.2, 0.25) is 11.1 Å². The van der Waals surface area contributed by atoms with Gasteiger partial charge in [0.1, 0.15) is 12.4 Å². The zero-order chi connectivity index (χ0) is 21.5. The molecule has 0 bridgehead atoms.